The van der Waals surface area contributed by atoms with Gasteiger partial charge >= 0.3 is 5.69 Å². The smallest absolute Gasteiger partial charge is 0.305 e. The van der Waals surface area contributed by atoms with Crippen LogP contribution in [0, 0.1) is 21.7 Å². The standard InChI is InChI=1S/C13H17F2N3O3/c1-2-3-4-8(7-16)17-13(19)11-9(14)5-6-10(12(11)15)18(20)21/h5-6,8H,2-4,7,16H2,1H3,(H,17,19). The van der Waals surface area contributed by atoms with Crippen molar-refractivity contribution in [1.82, 2.24) is 5.32 Å². The van der Waals surface area contributed by atoms with Gasteiger partial charge in [0.2, 0.25) is 5.82 Å². The van der Waals surface area contributed by atoms with E-state index in [-0.39, 0.29) is 6.54 Å². The Hall–Kier alpha value is -2.09. The molecule has 0 aliphatic heterocycles. The molecule has 0 spiro atoms. The summed E-state index contributed by atoms with van der Waals surface area (Å²) < 4.78 is 27.5. The number of amides is 1. The molecule has 0 aromatic heterocycles. The summed E-state index contributed by atoms with van der Waals surface area (Å²) >= 11 is 0. The van der Waals surface area contributed by atoms with Gasteiger partial charge in [0, 0.05) is 18.7 Å². The van der Waals surface area contributed by atoms with Crippen LogP contribution in [-0.2, 0) is 0 Å². The Bertz CT molecular complexity index is 538. The van der Waals surface area contributed by atoms with E-state index in [1.165, 1.54) is 0 Å². The van der Waals surface area contributed by atoms with Crippen LogP contribution in [0.15, 0.2) is 12.1 Å². The highest BCUT2D eigenvalue weighted by Gasteiger charge is 2.27. The molecule has 0 aliphatic carbocycles. The average molecular weight is 301 g/mol. The number of hydrogen-bond acceptors (Lipinski definition) is 4. The third-order valence-corrected chi connectivity index (χ3v) is 3.02. The van der Waals surface area contributed by atoms with E-state index < -0.39 is 39.8 Å². The summed E-state index contributed by atoms with van der Waals surface area (Å²) in [6.07, 6.45) is 2.24. The molecule has 0 saturated heterocycles. The van der Waals surface area contributed by atoms with E-state index >= 15 is 0 Å². The molecule has 21 heavy (non-hydrogen) atoms. The van der Waals surface area contributed by atoms with E-state index in [9.17, 15) is 23.7 Å². The first-order valence-electron chi connectivity index (χ1n) is 6.55. The Balaban J connectivity index is 3.01. The van der Waals surface area contributed by atoms with Crippen molar-refractivity contribution in [3.05, 3.63) is 39.4 Å². The van der Waals surface area contributed by atoms with Gasteiger partial charge in [0.15, 0.2) is 0 Å². The van der Waals surface area contributed by atoms with Gasteiger partial charge in [-0.25, -0.2) is 4.39 Å². The number of carbonyl (C=O) groups excluding carboxylic acids is 1. The van der Waals surface area contributed by atoms with Crippen molar-refractivity contribution in [1.29, 1.82) is 0 Å². The number of hydrogen-bond donors (Lipinski definition) is 2. The maximum absolute atomic E-state index is 13.9. The second kappa shape index (κ2) is 7.63. The highest BCUT2D eigenvalue weighted by Crippen LogP contribution is 2.23. The summed E-state index contributed by atoms with van der Waals surface area (Å²) in [5.74, 6) is -3.68. The summed E-state index contributed by atoms with van der Waals surface area (Å²) in [5.41, 5.74) is 3.58. The van der Waals surface area contributed by atoms with E-state index in [1.54, 1.807) is 0 Å². The summed E-state index contributed by atoms with van der Waals surface area (Å²) in [6.45, 7) is 2.07. The third-order valence-electron chi connectivity index (χ3n) is 3.02. The maximum atomic E-state index is 13.9. The third kappa shape index (κ3) is 4.19. The van der Waals surface area contributed by atoms with Crippen molar-refractivity contribution in [2.75, 3.05) is 6.54 Å². The van der Waals surface area contributed by atoms with Gasteiger partial charge in [-0.3, -0.25) is 14.9 Å². The van der Waals surface area contributed by atoms with Gasteiger partial charge < -0.3 is 11.1 Å². The molecule has 0 heterocycles. The van der Waals surface area contributed by atoms with E-state index in [4.69, 9.17) is 5.73 Å². The monoisotopic (exact) mass is 301 g/mol. The van der Waals surface area contributed by atoms with Gasteiger partial charge in [0.25, 0.3) is 5.91 Å². The minimum atomic E-state index is -1.48. The topological polar surface area (TPSA) is 98.3 Å². The summed E-state index contributed by atoms with van der Waals surface area (Å²) in [5, 5.41) is 13.0. The van der Waals surface area contributed by atoms with Crippen molar-refractivity contribution >= 4 is 11.6 Å². The second-order valence-electron chi connectivity index (χ2n) is 4.56. The molecule has 1 amide bonds. The Morgan fingerprint density at radius 2 is 2.14 bits per heavy atom. The first kappa shape index (κ1) is 17.0. The molecule has 0 bridgehead atoms. The molecule has 6 nitrogen and oxygen atoms in total. The van der Waals surface area contributed by atoms with Crippen LogP contribution >= 0.6 is 0 Å². The molecule has 1 unspecified atom stereocenters. The van der Waals surface area contributed by atoms with E-state index in [1.807, 2.05) is 6.92 Å². The fourth-order valence-corrected chi connectivity index (χ4v) is 1.85. The van der Waals surface area contributed by atoms with Gasteiger partial charge in [0.05, 0.1) is 4.92 Å². The van der Waals surface area contributed by atoms with Gasteiger partial charge in [-0.05, 0) is 12.5 Å². The maximum Gasteiger partial charge on any atom is 0.305 e. The van der Waals surface area contributed by atoms with Crippen LogP contribution in [0.25, 0.3) is 0 Å². The van der Waals surface area contributed by atoms with Crippen LogP contribution in [-0.4, -0.2) is 23.4 Å². The van der Waals surface area contributed by atoms with Gasteiger partial charge in [-0.15, -0.1) is 0 Å². The van der Waals surface area contributed by atoms with Crippen molar-refractivity contribution in [3.8, 4) is 0 Å². The lowest BCUT2D eigenvalue weighted by Gasteiger charge is -2.16. The lowest BCUT2D eigenvalue weighted by molar-refractivity contribution is -0.387. The second-order valence-corrected chi connectivity index (χ2v) is 4.56. The molecule has 8 heteroatoms. The molecule has 1 aromatic carbocycles. The Morgan fingerprint density at radius 3 is 2.67 bits per heavy atom. The van der Waals surface area contributed by atoms with E-state index in [2.05, 4.69) is 5.32 Å². The largest absolute Gasteiger partial charge is 0.348 e. The van der Waals surface area contributed by atoms with Crippen LogP contribution in [0.3, 0.4) is 0 Å². The van der Waals surface area contributed by atoms with Crippen LogP contribution in [0.5, 0.6) is 0 Å². The number of halogens is 2. The zero-order valence-corrected chi connectivity index (χ0v) is 11.6. The highest BCUT2D eigenvalue weighted by atomic mass is 19.1. The predicted octanol–water partition coefficient (Wildman–Crippen LogP) is 2.12. The summed E-state index contributed by atoms with van der Waals surface area (Å²) in [4.78, 5) is 21.5. The summed E-state index contributed by atoms with van der Waals surface area (Å²) in [7, 11) is 0. The number of nitrogens with zero attached hydrogens (tertiary/aromatic N) is 1. The minimum absolute atomic E-state index is 0.115. The Kier molecular flexibility index (Phi) is 6.16. The van der Waals surface area contributed by atoms with Crippen LogP contribution in [0.2, 0.25) is 0 Å². The van der Waals surface area contributed by atoms with E-state index in [0.29, 0.717) is 18.6 Å². The number of nitrogens with one attached hydrogen (secondary N) is 1. The quantitative estimate of drug-likeness (QED) is 0.595. The Labute approximate surface area is 120 Å². The number of benzene rings is 1. The molecule has 3 N–H and O–H groups in total. The van der Waals surface area contributed by atoms with Crippen LogP contribution in [0.1, 0.15) is 36.5 Å². The molecule has 0 fully saturated rings. The van der Waals surface area contributed by atoms with Crippen molar-refractivity contribution in [2.45, 2.75) is 32.2 Å². The van der Waals surface area contributed by atoms with Gasteiger partial charge in [0.1, 0.15) is 11.4 Å². The fourth-order valence-electron chi connectivity index (χ4n) is 1.85. The first-order chi connectivity index (χ1) is 9.92. The van der Waals surface area contributed by atoms with Crippen molar-refractivity contribution < 1.29 is 18.5 Å². The SMILES string of the molecule is CCCCC(CN)NC(=O)c1c(F)ccc([N+](=O)[O-])c1F. The zero-order chi connectivity index (χ0) is 16.0. The lowest BCUT2D eigenvalue weighted by Crippen LogP contribution is -2.40. The molecular formula is C13H17F2N3O3. The van der Waals surface area contributed by atoms with Crippen LogP contribution < -0.4 is 11.1 Å². The molecule has 0 radical (unpaired) electrons. The minimum Gasteiger partial charge on any atom is -0.348 e. The van der Waals surface area contributed by atoms with Crippen LogP contribution in [0.4, 0.5) is 14.5 Å². The highest BCUT2D eigenvalue weighted by molar-refractivity contribution is 5.95. The molecule has 0 saturated carbocycles. The normalized spacial score (nSPS) is 12.0. The lowest BCUT2D eigenvalue weighted by atomic mass is 10.1. The predicted molar refractivity (Wildman–Crippen MR) is 72.8 cm³/mol. The number of rotatable bonds is 7. The molecule has 1 rings (SSSR count). The average Bonchev–Trinajstić information content (AvgIpc) is 2.42. The molecule has 116 valence electrons. The van der Waals surface area contributed by atoms with E-state index in [0.717, 1.165) is 12.8 Å². The first-order valence-corrected chi connectivity index (χ1v) is 6.55. The molecule has 0 aliphatic rings. The van der Waals surface area contributed by atoms with Gasteiger partial charge in [-0.1, -0.05) is 19.8 Å². The molecule has 1 aromatic rings. The number of carbonyl (C=O) groups is 1. The number of nitro benzene ring substituents is 1. The fraction of sp³-hybridized carbons (Fsp3) is 0.462. The molecular weight excluding hydrogens is 284 g/mol. The Morgan fingerprint density at radius 1 is 1.48 bits per heavy atom. The zero-order valence-electron chi connectivity index (χ0n) is 11.6. The number of nitrogens with two attached hydrogens (primary N) is 1. The molecule has 1 atom stereocenters. The number of nitro groups is 1. The van der Waals surface area contributed by atoms with Gasteiger partial charge in [-0.2, -0.15) is 4.39 Å². The number of unbranched alkanes of at least 4 members (excludes halogenated alkanes) is 1. The van der Waals surface area contributed by atoms with Crippen molar-refractivity contribution in [2.24, 2.45) is 5.73 Å². The van der Waals surface area contributed by atoms with Crippen molar-refractivity contribution in [3.63, 3.8) is 0 Å². The summed E-state index contributed by atoms with van der Waals surface area (Å²) in [6, 6.07) is 0.939.